The Balaban J connectivity index is 1.63. The lowest BCUT2D eigenvalue weighted by Crippen LogP contribution is -2.44. The first-order chi connectivity index (χ1) is 10.0. The Morgan fingerprint density at radius 2 is 2.00 bits per heavy atom. The Morgan fingerprint density at radius 3 is 2.57 bits per heavy atom. The van der Waals surface area contributed by atoms with Gasteiger partial charge in [0.15, 0.2) is 5.13 Å². The summed E-state index contributed by atoms with van der Waals surface area (Å²) in [5, 5.41) is 4.09. The van der Waals surface area contributed by atoms with E-state index in [4.69, 9.17) is 5.73 Å². The van der Waals surface area contributed by atoms with Crippen LogP contribution in [-0.2, 0) is 0 Å². The number of carbonyl (C=O) groups excluding carboxylic acids is 1. The van der Waals surface area contributed by atoms with Gasteiger partial charge >= 0.3 is 0 Å². The molecular weight excluding hydrogens is 286 g/mol. The minimum Gasteiger partial charge on any atom is -0.382 e. The van der Waals surface area contributed by atoms with Gasteiger partial charge < -0.3 is 20.9 Å². The molecule has 2 aliphatic rings. The third-order valence-electron chi connectivity index (χ3n) is 4.23. The van der Waals surface area contributed by atoms with Crippen LogP contribution in [0.1, 0.15) is 35.4 Å². The maximum absolute atomic E-state index is 12.6. The molecular formula is C14H23N5OS. The van der Waals surface area contributed by atoms with Crippen molar-refractivity contribution in [3.63, 3.8) is 0 Å². The van der Waals surface area contributed by atoms with E-state index < -0.39 is 0 Å². The van der Waals surface area contributed by atoms with Crippen LogP contribution in [0.2, 0.25) is 0 Å². The molecule has 1 aliphatic carbocycles. The molecule has 116 valence electrons. The van der Waals surface area contributed by atoms with Crippen LogP contribution in [-0.4, -0.2) is 60.0 Å². The molecule has 0 atom stereocenters. The number of nitrogen functional groups attached to an aromatic ring is 1. The molecule has 1 aromatic rings. The van der Waals surface area contributed by atoms with Crippen LogP contribution >= 0.6 is 11.3 Å². The molecule has 1 amide bonds. The Labute approximate surface area is 129 Å². The molecule has 6 nitrogen and oxygen atoms in total. The topological polar surface area (TPSA) is 74.5 Å². The van der Waals surface area contributed by atoms with Gasteiger partial charge in [-0.1, -0.05) is 11.3 Å². The monoisotopic (exact) mass is 309 g/mol. The predicted octanol–water partition coefficient (Wildman–Crippen LogP) is 1.47. The number of likely N-dealkylation sites (tertiary alicyclic amines) is 1. The highest BCUT2D eigenvalue weighted by molar-refractivity contribution is 7.18. The number of nitrogens with one attached hydrogen (secondary N) is 1. The molecule has 0 bridgehead atoms. The summed E-state index contributed by atoms with van der Waals surface area (Å²) >= 11 is 1.39. The second-order valence-electron chi connectivity index (χ2n) is 6.14. The van der Waals surface area contributed by atoms with Crippen LogP contribution < -0.4 is 11.1 Å². The van der Waals surface area contributed by atoms with Crippen molar-refractivity contribution in [3.8, 4) is 0 Å². The number of aromatic nitrogens is 1. The molecule has 1 aromatic heterocycles. The summed E-state index contributed by atoms with van der Waals surface area (Å²) in [5.74, 6) is 0.397. The fourth-order valence-electron chi connectivity index (χ4n) is 2.68. The van der Waals surface area contributed by atoms with E-state index in [2.05, 4.69) is 29.3 Å². The molecule has 2 fully saturated rings. The first kappa shape index (κ1) is 14.6. The van der Waals surface area contributed by atoms with Crippen molar-refractivity contribution >= 4 is 28.2 Å². The quantitative estimate of drug-likeness (QED) is 0.881. The minimum absolute atomic E-state index is 0.0334. The molecule has 0 aromatic carbocycles. The summed E-state index contributed by atoms with van der Waals surface area (Å²) in [6, 6.07) is 1.09. The van der Waals surface area contributed by atoms with Gasteiger partial charge in [-0.05, 0) is 39.8 Å². The van der Waals surface area contributed by atoms with Crippen molar-refractivity contribution in [1.82, 2.24) is 14.8 Å². The van der Waals surface area contributed by atoms with Crippen molar-refractivity contribution in [3.05, 3.63) is 4.88 Å². The number of thiazole rings is 1. The van der Waals surface area contributed by atoms with Gasteiger partial charge in [-0.15, -0.1) is 0 Å². The normalized spacial score (nSPS) is 20.0. The average molecular weight is 309 g/mol. The van der Waals surface area contributed by atoms with Gasteiger partial charge in [-0.3, -0.25) is 4.79 Å². The summed E-state index contributed by atoms with van der Waals surface area (Å²) in [6.45, 7) is 1.59. The van der Waals surface area contributed by atoms with E-state index in [9.17, 15) is 4.79 Å². The van der Waals surface area contributed by atoms with Gasteiger partial charge in [0.25, 0.3) is 5.91 Å². The van der Waals surface area contributed by atoms with Crippen LogP contribution in [0.15, 0.2) is 0 Å². The lowest BCUT2D eigenvalue weighted by molar-refractivity contribution is 0.0669. The van der Waals surface area contributed by atoms with Gasteiger partial charge in [-0.2, -0.15) is 0 Å². The summed E-state index contributed by atoms with van der Waals surface area (Å²) < 4.78 is 0. The lowest BCUT2D eigenvalue weighted by Gasteiger charge is -2.35. The molecule has 7 heteroatoms. The zero-order valence-corrected chi connectivity index (χ0v) is 13.4. The van der Waals surface area contributed by atoms with E-state index in [-0.39, 0.29) is 5.91 Å². The third-order valence-corrected chi connectivity index (χ3v) is 5.22. The molecule has 0 spiro atoms. The Kier molecular flexibility index (Phi) is 4.03. The first-order valence-corrected chi connectivity index (χ1v) is 8.35. The molecule has 0 radical (unpaired) electrons. The highest BCUT2D eigenvalue weighted by atomic mass is 32.1. The summed E-state index contributed by atoms with van der Waals surface area (Å²) in [5.41, 5.74) is 5.92. The number of nitrogens with zero attached hydrogens (tertiary/aromatic N) is 3. The van der Waals surface area contributed by atoms with Crippen LogP contribution in [0.5, 0.6) is 0 Å². The number of amides is 1. The van der Waals surface area contributed by atoms with E-state index in [1.165, 1.54) is 24.2 Å². The van der Waals surface area contributed by atoms with Crippen LogP contribution in [0.3, 0.4) is 0 Å². The molecule has 2 heterocycles. The summed E-state index contributed by atoms with van der Waals surface area (Å²) in [7, 11) is 4.19. The van der Waals surface area contributed by atoms with E-state index >= 15 is 0 Å². The van der Waals surface area contributed by atoms with Gasteiger partial charge in [0, 0.05) is 25.2 Å². The second-order valence-corrected chi connectivity index (χ2v) is 7.14. The van der Waals surface area contributed by atoms with E-state index in [1.54, 1.807) is 0 Å². The third kappa shape index (κ3) is 3.29. The van der Waals surface area contributed by atoms with Crippen molar-refractivity contribution in [2.75, 3.05) is 38.2 Å². The maximum Gasteiger partial charge on any atom is 0.267 e. The van der Waals surface area contributed by atoms with Crippen molar-refractivity contribution in [1.29, 1.82) is 0 Å². The molecule has 0 unspecified atom stereocenters. The fourth-order valence-corrected chi connectivity index (χ4v) is 3.61. The lowest BCUT2D eigenvalue weighted by atomic mass is 10.0. The SMILES string of the molecule is CN(C)C1CCN(C(=O)c2sc(NC3CC3)nc2N)CC1. The second kappa shape index (κ2) is 5.81. The summed E-state index contributed by atoms with van der Waals surface area (Å²) in [6.07, 6.45) is 4.40. The molecule has 3 N–H and O–H groups in total. The highest BCUT2D eigenvalue weighted by Crippen LogP contribution is 2.31. The predicted molar refractivity (Wildman–Crippen MR) is 85.8 cm³/mol. The van der Waals surface area contributed by atoms with Gasteiger partial charge in [0.1, 0.15) is 10.7 Å². The number of carbonyl (C=O) groups is 1. The fraction of sp³-hybridized carbons (Fsp3) is 0.714. The van der Waals surface area contributed by atoms with Crippen LogP contribution in [0.4, 0.5) is 10.9 Å². The molecule has 1 saturated carbocycles. The standard InChI is InChI=1S/C14H23N5OS/c1-18(2)10-5-7-19(8-6-10)13(20)11-12(15)17-14(21-11)16-9-3-4-9/h9-10H,3-8,15H2,1-2H3,(H,16,17). The van der Waals surface area contributed by atoms with E-state index in [0.29, 0.717) is 22.8 Å². The number of piperidine rings is 1. The Morgan fingerprint density at radius 1 is 1.33 bits per heavy atom. The Bertz CT molecular complexity index is 517. The van der Waals surface area contributed by atoms with E-state index in [1.807, 2.05) is 4.90 Å². The van der Waals surface area contributed by atoms with Crippen LogP contribution in [0.25, 0.3) is 0 Å². The number of nitrogens with two attached hydrogens (primary N) is 1. The maximum atomic E-state index is 12.6. The molecule has 1 aliphatic heterocycles. The average Bonchev–Trinajstić information content (AvgIpc) is 3.20. The molecule has 1 saturated heterocycles. The van der Waals surface area contributed by atoms with Crippen LogP contribution in [0, 0.1) is 0 Å². The number of hydrogen-bond donors (Lipinski definition) is 2. The molecule has 21 heavy (non-hydrogen) atoms. The van der Waals surface area contributed by atoms with E-state index in [0.717, 1.165) is 31.1 Å². The minimum atomic E-state index is 0.0334. The van der Waals surface area contributed by atoms with Crippen molar-refractivity contribution < 1.29 is 4.79 Å². The number of rotatable bonds is 4. The Hall–Kier alpha value is -1.34. The zero-order chi connectivity index (χ0) is 15.0. The smallest absolute Gasteiger partial charge is 0.267 e. The van der Waals surface area contributed by atoms with Crippen molar-refractivity contribution in [2.45, 2.75) is 37.8 Å². The van der Waals surface area contributed by atoms with Crippen molar-refractivity contribution in [2.24, 2.45) is 0 Å². The van der Waals surface area contributed by atoms with Gasteiger partial charge in [-0.25, -0.2) is 4.98 Å². The highest BCUT2D eigenvalue weighted by Gasteiger charge is 2.28. The summed E-state index contributed by atoms with van der Waals surface area (Å²) in [4.78, 5) is 21.6. The van der Waals surface area contributed by atoms with Gasteiger partial charge in [0.2, 0.25) is 0 Å². The number of anilines is 2. The number of hydrogen-bond acceptors (Lipinski definition) is 6. The van der Waals surface area contributed by atoms with Gasteiger partial charge in [0.05, 0.1) is 0 Å². The zero-order valence-electron chi connectivity index (χ0n) is 12.6. The molecule has 3 rings (SSSR count). The first-order valence-electron chi connectivity index (χ1n) is 7.53. The largest absolute Gasteiger partial charge is 0.382 e.